The zero-order valence-corrected chi connectivity index (χ0v) is 24.8. The quantitative estimate of drug-likeness (QED) is 0.206. The Hall–Kier alpha value is -3.19. The number of rotatable bonds is 12. The van der Waals surface area contributed by atoms with Gasteiger partial charge in [0.25, 0.3) is 0 Å². The number of anilines is 1. The van der Waals surface area contributed by atoms with Crippen molar-refractivity contribution in [2.45, 2.75) is 24.6 Å². The van der Waals surface area contributed by atoms with Gasteiger partial charge in [0.1, 0.15) is 6.61 Å². The number of esters is 1. The van der Waals surface area contributed by atoms with Crippen LogP contribution in [0.5, 0.6) is 5.75 Å². The highest BCUT2D eigenvalue weighted by Crippen LogP contribution is 2.46. The monoisotopic (exact) mass is 648 g/mol. The summed E-state index contributed by atoms with van der Waals surface area (Å²) >= 11 is 4.41. The van der Waals surface area contributed by atoms with Gasteiger partial charge in [0.2, 0.25) is 10.0 Å². The number of aromatic carboxylic acids is 1. The van der Waals surface area contributed by atoms with Crippen molar-refractivity contribution in [3.63, 3.8) is 0 Å². The van der Waals surface area contributed by atoms with Crippen LogP contribution in [0.1, 0.15) is 28.1 Å². The van der Waals surface area contributed by atoms with Crippen LogP contribution in [0.4, 0.5) is 5.69 Å². The molecular formula is C28H29BrN2O7S2. The number of halogens is 1. The third-order valence-electron chi connectivity index (χ3n) is 6.19. The molecule has 1 aliphatic heterocycles. The molecule has 2 N–H and O–H groups in total. The van der Waals surface area contributed by atoms with Crippen LogP contribution >= 0.6 is 27.3 Å². The van der Waals surface area contributed by atoms with Crippen LogP contribution in [0.3, 0.4) is 0 Å². The number of sulfonamides is 1. The van der Waals surface area contributed by atoms with Crippen molar-refractivity contribution in [2.24, 2.45) is 0 Å². The highest BCUT2D eigenvalue weighted by atomic mass is 79.9. The first-order chi connectivity index (χ1) is 19.2. The minimum Gasteiger partial charge on any atom is -0.479 e. The Bertz CT molecular complexity index is 1470. The molecule has 1 aliphatic rings. The summed E-state index contributed by atoms with van der Waals surface area (Å²) in [5.74, 6) is -2.03. The van der Waals surface area contributed by atoms with Crippen molar-refractivity contribution in [3.8, 4) is 16.2 Å². The average molecular weight is 650 g/mol. The van der Waals surface area contributed by atoms with Crippen LogP contribution in [0.25, 0.3) is 10.4 Å². The predicted molar refractivity (Wildman–Crippen MR) is 159 cm³/mol. The van der Waals surface area contributed by atoms with Crippen LogP contribution in [0.15, 0.2) is 71.7 Å². The Balaban J connectivity index is 1.70. The summed E-state index contributed by atoms with van der Waals surface area (Å²) in [5, 5.41) is 13.1. The fourth-order valence-corrected chi connectivity index (χ4v) is 8.19. The van der Waals surface area contributed by atoms with E-state index >= 15 is 0 Å². The number of benzene rings is 2. The van der Waals surface area contributed by atoms with Crippen LogP contribution in [0, 0.1) is 0 Å². The van der Waals surface area contributed by atoms with E-state index in [2.05, 4.69) is 27.8 Å². The Morgan fingerprint density at radius 1 is 1.15 bits per heavy atom. The van der Waals surface area contributed by atoms with E-state index in [1.54, 1.807) is 36.4 Å². The molecule has 1 saturated heterocycles. The van der Waals surface area contributed by atoms with E-state index in [1.807, 2.05) is 18.2 Å². The summed E-state index contributed by atoms with van der Waals surface area (Å²) in [6, 6.07) is 15.8. The zero-order valence-electron chi connectivity index (χ0n) is 21.5. The van der Waals surface area contributed by atoms with Crippen molar-refractivity contribution in [1.29, 1.82) is 0 Å². The minimum atomic E-state index is -3.76. The maximum atomic E-state index is 13.8. The SMILES string of the molecule is C=CCOC(=O)COc1c(C(=O)O)sc(-c2cccc(N(C3CCNCC3)S(=O)(=O)Cc3ccccc3)c2)c1Br. The smallest absolute Gasteiger partial charge is 0.349 e. The Morgan fingerprint density at radius 2 is 1.88 bits per heavy atom. The van der Waals surface area contributed by atoms with Gasteiger partial charge in [-0.1, -0.05) is 55.1 Å². The number of carboxylic acids is 1. The van der Waals surface area contributed by atoms with Gasteiger partial charge in [0, 0.05) is 6.04 Å². The fraction of sp³-hybridized carbons (Fsp3) is 0.286. The molecule has 4 rings (SSSR count). The van der Waals surface area contributed by atoms with Gasteiger partial charge in [0.15, 0.2) is 17.2 Å². The van der Waals surface area contributed by atoms with Crippen molar-refractivity contribution in [3.05, 3.63) is 82.2 Å². The highest BCUT2D eigenvalue weighted by molar-refractivity contribution is 9.10. The topological polar surface area (TPSA) is 122 Å². The molecule has 1 fully saturated rings. The lowest BCUT2D eigenvalue weighted by Crippen LogP contribution is -2.46. The van der Waals surface area contributed by atoms with Gasteiger partial charge in [-0.15, -0.1) is 11.3 Å². The molecule has 0 saturated carbocycles. The molecule has 212 valence electrons. The van der Waals surface area contributed by atoms with E-state index in [9.17, 15) is 23.1 Å². The number of hydrogen-bond donors (Lipinski definition) is 2. The first kappa shape index (κ1) is 29.8. The number of hydrogen-bond acceptors (Lipinski definition) is 8. The van der Waals surface area contributed by atoms with Crippen LogP contribution in [0.2, 0.25) is 0 Å². The second kappa shape index (κ2) is 13.4. The van der Waals surface area contributed by atoms with E-state index in [0.717, 1.165) is 11.3 Å². The largest absolute Gasteiger partial charge is 0.479 e. The predicted octanol–water partition coefficient (Wildman–Crippen LogP) is 5.07. The van der Waals surface area contributed by atoms with Gasteiger partial charge in [-0.05, 0) is 65.1 Å². The summed E-state index contributed by atoms with van der Waals surface area (Å²) in [7, 11) is -3.76. The first-order valence-electron chi connectivity index (χ1n) is 12.5. The number of ether oxygens (including phenoxy) is 2. The van der Waals surface area contributed by atoms with Gasteiger partial charge >= 0.3 is 11.9 Å². The molecule has 2 heterocycles. The summed E-state index contributed by atoms with van der Waals surface area (Å²) in [6.07, 6.45) is 2.73. The average Bonchev–Trinajstić information content (AvgIpc) is 3.28. The molecule has 3 aromatic rings. The Kier molecular flexibility index (Phi) is 10.0. The lowest BCUT2D eigenvalue weighted by molar-refractivity contribution is -0.144. The maximum absolute atomic E-state index is 13.8. The summed E-state index contributed by atoms with van der Waals surface area (Å²) in [6.45, 7) is 4.42. The van der Waals surface area contributed by atoms with Crippen molar-refractivity contribution in [1.82, 2.24) is 5.32 Å². The molecule has 0 amide bonds. The van der Waals surface area contributed by atoms with E-state index in [4.69, 9.17) is 9.47 Å². The lowest BCUT2D eigenvalue weighted by Gasteiger charge is -2.35. The molecule has 9 nitrogen and oxygen atoms in total. The highest BCUT2D eigenvalue weighted by Gasteiger charge is 2.32. The van der Waals surface area contributed by atoms with Gasteiger partial charge < -0.3 is 19.9 Å². The number of nitrogens with zero attached hydrogens (tertiary/aromatic N) is 1. The van der Waals surface area contributed by atoms with Gasteiger partial charge in [-0.25, -0.2) is 18.0 Å². The van der Waals surface area contributed by atoms with Crippen LogP contribution in [-0.4, -0.2) is 57.8 Å². The lowest BCUT2D eigenvalue weighted by atomic mass is 10.1. The van der Waals surface area contributed by atoms with Crippen molar-refractivity contribution < 1.29 is 32.6 Å². The molecule has 0 aliphatic carbocycles. The normalized spacial score (nSPS) is 13.9. The van der Waals surface area contributed by atoms with Crippen LogP contribution < -0.4 is 14.4 Å². The van der Waals surface area contributed by atoms with E-state index < -0.39 is 28.6 Å². The first-order valence-corrected chi connectivity index (χ1v) is 15.7. The summed E-state index contributed by atoms with van der Waals surface area (Å²) < 4.78 is 40.0. The van der Waals surface area contributed by atoms with E-state index in [1.165, 1.54) is 10.4 Å². The zero-order chi connectivity index (χ0) is 28.7. The van der Waals surface area contributed by atoms with Crippen molar-refractivity contribution in [2.75, 3.05) is 30.6 Å². The molecule has 0 atom stereocenters. The number of carbonyl (C=O) groups is 2. The molecule has 0 radical (unpaired) electrons. The number of carboxylic acid groups (broad SMARTS) is 1. The molecular weight excluding hydrogens is 620 g/mol. The Labute approximate surface area is 245 Å². The van der Waals surface area contributed by atoms with Gasteiger partial charge in [0.05, 0.1) is 20.8 Å². The number of carbonyl (C=O) groups excluding carboxylic acids is 1. The summed E-state index contributed by atoms with van der Waals surface area (Å²) in [4.78, 5) is 24.4. The molecule has 12 heteroatoms. The molecule has 2 aromatic carbocycles. The fourth-order valence-electron chi connectivity index (χ4n) is 4.45. The van der Waals surface area contributed by atoms with E-state index in [-0.39, 0.29) is 29.0 Å². The second-order valence-corrected chi connectivity index (χ2v) is 12.7. The Morgan fingerprint density at radius 3 is 2.55 bits per heavy atom. The van der Waals surface area contributed by atoms with Crippen molar-refractivity contribution >= 4 is 54.9 Å². The minimum absolute atomic E-state index is 0.000339. The second-order valence-electron chi connectivity index (χ2n) is 9.04. The molecule has 1 aromatic heterocycles. The third-order valence-corrected chi connectivity index (χ3v) is 10.2. The number of nitrogens with one attached hydrogen (secondary N) is 1. The number of thiophene rings is 1. The molecule has 40 heavy (non-hydrogen) atoms. The maximum Gasteiger partial charge on any atom is 0.349 e. The van der Waals surface area contributed by atoms with Gasteiger partial charge in [-0.3, -0.25) is 4.31 Å². The molecule has 0 bridgehead atoms. The third kappa shape index (κ3) is 7.11. The van der Waals surface area contributed by atoms with Gasteiger partial charge in [-0.2, -0.15) is 0 Å². The molecule has 0 spiro atoms. The summed E-state index contributed by atoms with van der Waals surface area (Å²) in [5.41, 5.74) is 1.79. The van der Waals surface area contributed by atoms with Crippen LogP contribution in [-0.2, 0) is 25.3 Å². The molecule has 0 unspecified atom stereocenters. The van der Waals surface area contributed by atoms with E-state index in [0.29, 0.717) is 52.1 Å². The number of piperidine rings is 1. The standard InChI is InChI=1S/C28H29BrN2O7S2/c1-2-15-37-23(32)17-38-25-24(29)26(39-27(25)28(33)34)20-9-6-10-22(16-20)31(21-11-13-30-14-12-21)40(35,36)18-19-7-4-3-5-8-19/h2-10,16,21,30H,1,11-15,17-18H2,(H,33,34).